The van der Waals surface area contributed by atoms with Crippen molar-refractivity contribution >= 4 is 41.5 Å². The molecule has 0 aliphatic heterocycles. The van der Waals surface area contributed by atoms with Crippen molar-refractivity contribution in [2.75, 3.05) is 0 Å². The molecule has 10 nitrogen and oxygen atoms in total. The van der Waals surface area contributed by atoms with Gasteiger partial charge in [-0.25, -0.2) is 14.3 Å². The molecule has 0 aliphatic rings. The van der Waals surface area contributed by atoms with Gasteiger partial charge in [-0.15, -0.1) is 0 Å². The summed E-state index contributed by atoms with van der Waals surface area (Å²) in [5.41, 5.74) is -0.465. The maximum Gasteiger partial charge on any atom is 0.524 e. The summed E-state index contributed by atoms with van der Waals surface area (Å²) >= 11 is 5.92. The zero-order valence-corrected chi connectivity index (χ0v) is 18.6. The molecule has 2 aromatic carbocycles. The lowest BCUT2D eigenvalue weighted by molar-refractivity contribution is 0.283. The van der Waals surface area contributed by atoms with Crippen LogP contribution in [-0.2, 0) is 4.57 Å². The third-order valence-electron chi connectivity index (χ3n) is 4.35. The number of aromatic nitrogens is 2. The van der Waals surface area contributed by atoms with Crippen molar-refractivity contribution in [2.24, 2.45) is 0 Å². The molecule has 12 heteroatoms. The standard InChI is InChI=1S/C17H8ClN2O7P.C5H5N/c18-8-1-4-13-12(5-8)20-16(25-13)15-11(7-19)10-3-2-9(27-28(22,23)24)6-14(10)26-17(15)21;1-2-4-6-5-3-1/h1-6H,(H2,22,23,24);1-5H. The van der Waals surface area contributed by atoms with Crippen molar-refractivity contribution in [2.45, 2.75) is 0 Å². The molecule has 0 bridgehead atoms. The number of hydrogen-bond acceptors (Lipinski definition) is 8. The van der Waals surface area contributed by atoms with Crippen LogP contribution in [-0.4, -0.2) is 19.8 Å². The molecule has 0 atom stereocenters. The first-order valence-corrected chi connectivity index (χ1v) is 11.3. The van der Waals surface area contributed by atoms with Crippen LogP contribution < -0.4 is 10.1 Å². The van der Waals surface area contributed by atoms with E-state index < -0.39 is 13.4 Å². The van der Waals surface area contributed by atoms with E-state index in [1.54, 1.807) is 30.6 Å². The Balaban J connectivity index is 0.000000398. The second-order valence-corrected chi connectivity index (χ2v) is 8.25. The first-order chi connectivity index (χ1) is 16.2. The maximum absolute atomic E-state index is 12.5. The highest BCUT2D eigenvalue weighted by molar-refractivity contribution is 7.46. The third kappa shape index (κ3) is 5.14. The predicted molar refractivity (Wildman–Crippen MR) is 122 cm³/mol. The summed E-state index contributed by atoms with van der Waals surface area (Å²) in [7, 11) is -4.80. The molecule has 3 aromatic heterocycles. The van der Waals surface area contributed by atoms with E-state index in [4.69, 9.17) is 30.2 Å². The van der Waals surface area contributed by atoms with Crippen molar-refractivity contribution in [3.63, 3.8) is 0 Å². The van der Waals surface area contributed by atoms with Gasteiger partial charge in [0.2, 0.25) is 5.89 Å². The Kier molecular flexibility index (Phi) is 6.45. The summed E-state index contributed by atoms with van der Waals surface area (Å²) in [5.74, 6) is -0.336. The lowest BCUT2D eigenvalue weighted by Crippen LogP contribution is -2.06. The van der Waals surface area contributed by atoms with Gasteiger partial charge < -0.3 is 13.4 Å². The van der Waals surface area contributed by atoms with Gasteiger partial charge in [-0.2, -0.15) is 5.26 Å². The lowest BCUT2D eigenvalue weighted by Gasteiger charge is -2.08. The summed E-state index contributed by atoms with van der Waals surface area (Å²) in [6.07, 6.45) is 3.50. The van der Waals surface area contributed by atoms with E-state index in [0.717, 1.165) is 6.07 Å². The van der Waals surface area contributed by atoms with Gasteiger partial charge >= 0.3 is 13.4 Å². The number of halogens is 1. The number of benzene rings is 2. The minimum absolute atomic E-state index is 0.0633. The van der Waals surface area contributed by atoms with Crippen molar-refractivity contribution in [1.29, 1.82) is 5.26 Å². The average molecular weight is 498 g/mol. The molecule has 0 spiro atoms. The van der Waals surface area contributed by atoms with Crippen LogP contribution in [0.2, 0.25) is 5.02 Å². The van der Waals surface area contributed by atoms with Crippen molar-refractivity contribution < 1.29 is 27.7 Å². The molecule has 3 heterocycles. The molecule has 170 valence electrons. The van der Waals surface area contributed by atoms with Gasteiger partial charge in [0.25, 0.3) is 0 Å². The summed E-state index contributed by atoms with van der Waals surface area (Å²) in [6, 6.07) is 16.0. The fourth-order valence-electron chi connectivity index (χ4n) is 3.01. The SMILES string of the molecule is N#Cc1c(-c2nc3cc(Cl)ccc3o2)c(=O)oc2cc(OP(=O)(O)O)ccc12.c1ccncc1. The van der Waals surface area contributed by atoms with E-state index in [1.165, 1.54) is 12.1 Å². The van der Waals surface area contributed by atoms with E-state index in [1.807, 2.05) is 24.3 Å². The number of hydrogen-bond donors (Lipinski definition) is 2. The Morgan fingerprint density at radius 1 is 1.03 bits per heavy atom. The predicted octanol–water partition coefficient (Wildman–Crippen LogP) is 4.68. The number of pyridine rings is 1. The van der Waals surface area contributed by atoms with Gasteiger partial charge in [0.15, 0.2) is 5.58 Å². The zero-order valence-electron chi connectivity index (χ0n) is 17.0. The summed E-state index contributed by atoms with van der Waals surface area (Å²) in [6.45, 7) is 0. The molecule has 2 N–H and O–H groups in total. The number of nitrogens with zero attached hydrogens (tertiary/aromatic N) is 3. The van der Waals surface area contributed by atoms with Crippen LogP contribution in [0.25, 0.3) is 33.5 Å². The topological polar surface area (TPSA) is 160 Å². The fraction of sp³-hybridized carbons (Fsp3) is 0. The molecule has 0 amide bonds. The minimum Gasteiger partial charge on any atom is -0.436 e. The van der Waals surface area contributed by atoms with Crippen LogP contribution in [0.4, 0.5) is 0 Å². The third-order valence-corrected chi connectivity index (χ3v) is 5.03. The second-order valence-electron chi connectivity index (χ2n) is 6.65. The van der Waals surface area contributed by atoms with E-state index in [2.05, 4.69) is 14.5 Å². The highest BCUT2D eigenvalue weighted by Gasteiger charge is 2.23. The summed E-state index contributed by atoms with van der Waals surface area (Å²) in [5, 5.41) is 10.2. The van der Waals surface area contributed by atoms with E-state index >= 15 is 0 Å². The summed E-state index contributed by atoms with van der Waals surface area (Å²) < 4.78 is 26.2. The molecule has 0 fully saturated rings. The van der Waals surface area contributed by atoms with E-state index in [9.17, 15) is 14.6 Å². The largest absolute Gasteiger partial charge is 0.524 e. The van der Waals surface area contributed by atoms with Crippen LogP contribution >= 0.6 is 19.4 Å². The van der Waals surface area contributed by atoms with Gasteiger partial charge in [-0.05, 0) is 42.5 Å². The second kappa shape index (κ2) is 9.47. The van der Waals surface area contributed by atoms with Crippen molar-refractivity contribution in [3.8, 4) is 23.3 Å². The van der Waals surface area contributed by atoms with Crippen molar-refractivity contribution in [3.05, 3.63) is 88.0 Å². The number of nitriles is 1. The number of fused-ring (bicyclic) bond motifs is 2. The first-order valence-electron chi connectivity index (χ1n) is 9.43. The normalized spacial score (nSPS) is 11.0. The molecule has 0 saturated carbocycles. The first kappa shape index (κ1) is 23.2. The Morgan fingerprint density at radius 3 is 2.41 bits per heavy atom. The van der Waals surface area contributed by atoms with Crippen LogP contribution in [0.15, 0.2) is 80.6 Å². The molecule has 0 saturated heterocycles. The van der Waals surface area contributed by atoms with E-state index in [-0.39, 0.29) is 33.7 Å². The lowest BCUT2D eigenvalue weighted by atomic mass is 10.1. The van der Waals surface area contributed by atoms with Gasteiger partial charge in [0, 0.05) is 28.9 Å². The number of phosphoric acid groups is 1. The Hall–Kier alpha value is -4.00. The van der Waals surface area contributed by atoms with Gasteiger partial charge in [0.1, 0.15) is 28.5 Å². The van der Waals surface area contributed by atoms with Gasteiger partial charge in [-0.1, -0.05) is 17.7 Å². The van der Waals surface area contributed by atoms with Crippen molar-refractivity contribution in [1.82, 2.24) is 9.97 Å². The Labute approximate surface area is 195 Å². The highest BCUT2D eigenvalue weighted by atomic mass is 35.5. The van der Waals surface area contributed by atoms with Crippen LogP contribution in [0.1, 0.15) is 5.56 Å². The van der Waals surface area contributed by atoms with Crippen LogP contribution in [0.5, 0.6) is 5.75 Å². The van der Waals surface area contributed by atoms with Gasteiger partial charge in [-0.3, -0.25) is 14.8 Å². The quantitative estimate of drug-likeness (QED) is 0.264. The van der Waals surface area contributed by atoms with Crippen LogP contribution in [0, 0.1) is 11.3 Å². The fourth-order valence-corrected chi connectivity index (χ4v) is 3.56. The van der Waals surface area contributed by atoms with Crippen LogP contribution in [0.3, 0.4) is 0 Å². The number of rotatable bonds is 3. The molecule has 0 unspecified atom stereocenters. The Bertz CT molecular complexity index is 1610. The molecular formula is C22H13ClN3O7P. The molecule has 5 rings (SSSR count). The highest BCUT2D eigenvalue weighted by Crippen LogP contribution is 2.39. The molecule has 5 aromatic rings. The van der Waals surface area contributed by atoms with E-state index in [0.29, 0.717) is 16.1 Å². The molecule has 0 aliphatic carbocycles. The zero-order chi connectivity index (χ0) is 24.3. The van der Waals surface area contributed by atoms with Gasteiger partial charge in [0.05, 0.1) is 5.56 Å². The minimum atomic E-state index is -4.80. The number of oxazole rings is 1. The Morgan fingerprint density at radius 2 is 1.79 bits per heavy atom. The molecule has 34 heavy (non-hydrogen) atoms. The average Bonchev–Trinajstić information content (AvgIpc) is 3.21. The smallest absolute Gasteiger partial charge is 0.436 e. The summed E-state index contributed by atoms with van der Waals surface area (Å²) in [4.78, 5) is 38.3. The molecule has 0 radical (unpaired) electrons. The maximum atomic E-state index is 12.5. The monoisotopic (exact) mass is 497 g/mol. The molecular weight excluding hydrogens is 485 g/mol. The number of phosphoric ester groups is 1.